The van der Waals surface area contributed by atoms with Gasteiger partial charge >= 0.3 is 0 Å². The van der Waals surface area contributed by atoms with E-state index in [1.54, 1.807) is 0 Å². The first-order valence-electron chi connectivity index (χ1n) is 1.66. The molecule has 0 aromatic carbocycles. The maximum Gasteiger partial charge on any atom is 0.173 e. The normalized spacial score (nSPS) is 9.50. The van der Waals surface area contributed by atoms with Crippen molar-refractivity contribution in [2.24, 2.45) is 5.40 Å². The van der Waals surface area contributed by atoms with Crippen LogP contribution in [-0.2, 0) is 4.79 Å². The van der Waals surface area contributed by atoms with E-state index in [0.29, 0.717) is 0 Å². The average Bonchev–Trinajstić information content (AvgIpc) is 1.65. The van der Waals surface area contributed by atoms with E-state index in [1.165, 1.54) is 6.08 Å². The molecule has 0 rings (SSSR count). The van der Waals surface area contributed by atoms with Gasteiger partial charge in [0.2, 0.25) is 0 Å². The van der Waals surface area contributed by atoms with E-state index in [4.69, 9.17) is 5.40 Å². The summed E-state index contributed by atoms with van der Waals surface area (Å²) >= 11 is 0. The Labute approximate surface area is 38.9 Å². The van der Waals surface area contributed by atoms with E-state index in [-0.39, 0.29) is 5.41 Å². The summed E-state index contributed by atoms with van der Waals surface area (Å²) in [6, 6.07) is 0. The van der Waals surface area contributed by atoms with E-state index in [2.05, 4.69) is 6.58 Å². The van der Waals surface area contributed by atoms with Crippen molar-refractivity contribution in [3.63, 3.8) is 0 Å². The minimum absolute atomic E-state index is 0.0231. The molecule has 2 nitrogen and oxygen atoms in total. The molecule has 0 bridgehead atoms. The van der Waals surface area contributed by atoms with E-state index in [0.717, 1.165) is 0 Å². The molecule has 0 aliphatic heterocycles. The van der Waals surface area contributed by atoms with E-state index < -0.39 is 9.68 Å². The van der Waals surface area contributed by atoms with Crippen LogP contribution in [0.25, 0.3) is 0 Å². The van der Waals surface area contributed by atoms with Crippen LogP contribution in [-0.4, -0.2) is 15.1 Å². The zero-order chi connectivity index (χ0) is 4.99. The van der Waals surface area contributed by atoms with E-state index in [9.17, 15) is 4.79 Å². The molecule has 0 spiro atoms. The molecule has 0 radical (unpaired) electrons. The lowest BCUT2D eigenvalue weighted by molar-refractivity contribution is -0.108. The smallest absolute Gasteiger partial charge is 0.173 e. The second-order valence-electron chi connectivity index (χ2n) is 0.875. The number of nitrogens with two attached hydrogens (primary N) is 1. The predicted octanol–water partition coefficient (Wildman–Crippen LogP) is -1.26. The lowest BCUT2D eigenvalue weighted by Gasteiger charge is -1.74. The van der Waals surface area contributed by atoms with Crippen LogP contribution >= 0.6 is 0 Å². The van der Waals surface area contributed by atoms with Crippen LogP contribution in [0.5, 0.6) is 0 Å². The molecule has 2 N–H and O–H groups in total. The van der Waals surface area contributed by atoms with Crippen LogP contribution < -0.4 is 5.40 Å². The van der Waals surface area contributed by atoms with Gasteiger partial charge in [-0.05, 0) is 6.08 Å². The second kappa shape index (κ2) is 2.80. The van der Waals surface area contributed by atoms with Crippen molar-refractivity contribution < 1.29 is 4.79 Å². The Morgan fingerprint density at radius 2 is 2.50 bits per heavy atom. The molecular formula is C3H7NOSi. The number of carbonyl (C=O) groups is 1. The topological polar surface area (TPSA) is 43.1 Å². The number of hydrogen-bond acceptors (Lipinski definition) is 2. The molecule has 0 heterocycles. The fourth-order valence-electron chi connectivity index (χ4n) is 0.0833. The molecule has 6 heavy (non-hydrogen) atoms. The summed E-state index contributed by atoms with van der Waals surface area (Å²) in [5, 5.41) is 5.02. The third-order valence-electron chi connectivity index (χ3n) is 0.429. The largest absolute Gasteiger partial charge is 0.350 e. The van der Waals surface area contributed by atoms with Crippen LogP contribution in [0.3, 0.4) is 0 Å². The standard InChI is InChI=1S/C3H7NOSi/c1-2-3(5)6-4/h2H,1,4,6H2. The Balaban J connectivity index is 3.23. The Kier molecular flexibility index (Phi) is 2.61. The highest BCUT2D eigenvalue weighted by Gasteiger charge is 1.83. The SMILES string of the molecule is C=CC(=O)[SiH2]N. The number of allylic oxidation sites excluding steroid dienone is 1. The van der Waals surface area contributed by atoms with Gasteiger partial charge in [0, 0.05) is 0 Å². The van der Waals surface area contributed by atoms with Crippen LogP contribution in [0.1, 0.15) is 0 Å². The van der Waals surface area contributed by atoms with Crippen molar-refractivity contribution in [1.82, 2.24) is 0 Å². The lowest BCUT2D eigenvalue weighted by Crippen LogP contribution is -2.15. The minimum Gasteiger partial charge on any atom is -0.350 e. The minimum atomic E-state index is -0.919. The molecule has 0 aromatic heterocycles. The third kappa shape index (κ3) is 1.87. The molecule has 0 fully saturated rings. The Hall–Kier alpha value is -0.413. The monoisotopic (exact) mass is 101 g/mol. The van der Waals surface area contributed by atoms with Gasteiger partial charge in [-0.3, -0.25) is 4.79 Å². The first-order valence-corrected chi connectivity index (χ1v) is 3.19. The average molecular weight is 101 g/mol. The van der Waals surface area contributed by atoms with Crippen LogP contribution in [0.2, 0.25) is 0 Å². The molecule has 0 aliphatic carbocycles. The van der Waals surface area contributed by atoms with Crippen molar-refractivity contribution in [2.75, 3.05) is 0 Å². The maximum absolute atomic E-state index is 10.00. The van der Waals surface area contributed by atoms with Gasteiger partial charge in [-0.15, -0.1) is 0 Å². The molecule has 0 aliphatic rings. The molecule has 34 valence electrons. The molecule has 0 saturated carbocycles. The maximum atomic E-state index is 10.00. The van der Waals surface area contributed by atoms with Crippen molar-refractivity contribution in [3.8, 4) is 0 Å². The van der Waals surface area contributed by atoms with Crippen LogP contribution in [0, 0.1) is 0 Å². The number of hydrogen-bond donors (Lipinski definition) is 1. The highest BCUT2D eigenvalue weighted by Crippen LogP contribution is 1.58. The van der Waals surface area contributed by atoms with Gasteiger partial charge in [-0.25, -0.2) is 0 Å². The molecule has 3 heteroatoms. The summed E-state index contributed by atoms with van der Waals surface area (Å²) in [7, 11) is -0.919. The molecule has 0 amide bonds. The zero-order valence-corrected chi connectivity index (χ0v) is 4.89. The van der Waals surface area contributed by atoms with Gasteiger partial charge in [0.05, 0.1) is 0 Å². The van der Waals surface area contributed by atoms with Gasteiger partial charge in [0.1, 0.15) is 5.41 Å². The first kappa shape index (κ1) is 5.59. The Morgan fingerprint density at radius 3 is 2.50 bits per heavy atom. The van der Waals surface area contributed by atoms with Crippen molar-refractivity contribution >= 4 is 15.1 Å². The van der Waals surface area contributed by atoms with Gasteiger partial charge in [0.25, 0.3) is 0 Å². The van der Waals surface area contributed by atoms with E-state index in [1.807, 2.05) is 0 Å². The summed E-state index contributed by atoms with van der Waals surface area (Å²) in [6.07, 6.45) is 1.27. The van der Waals surface area contributed by atoms with Crippen LogP contribution in [0.4, 0.5) is 0 Å². The van der Waals surface area contributed by atoms with Crippen molar-refractivity contribution in [2.45, 2.75) is 0 Å². The molecule has 0 atom stereocenters. The summed E-state index contributed by atoms with van der Waals surface area (Å²) in [4.78, 5) is 10.00. The zero-order valence-electron chi connectivity index (χ0n) is 3.48. The summed E-state index contributed by atoms with van der Waals surface area (Å²) < 4.78 is 0. The van der Waals surface area contributed by atoms with Gasteiger partial charge in [0.15, 0.2) is 9.68 Å². The lowest BCUT2D eigenvalue weighted by atomic mass is 10.7. The summed E-state index contributed by atoms with van der Waals surface area (Å²) in [5.74, 6) is 0. The van der Waals surface area contributed by atoms with E-state index >= 15 is 0 Å². The molecular weight excluding hydrogens is 94.1 g/mol. The van der Waals surface area contributed by atoms with Crippen molar-refractivity contribution in [3.05, 3.63) is 12.7 Å². The fourth-order valence-corrected chi connectivity index (χ4v) is 0.250. The van der Waals surface area contributed by atoms with Gasteiger partial charge in [-0.1, -0.05) is 6.58 Å². The van der Waals surface area contributed by atoms with Gasteiger partial charge in [-0.2, -0.15) is 0 Å². The fraction of sp³-hybridized carbons (Fsp3) is 0. The Bertz CT molecular complexity index is 71.2. The highest BCUT2D eigenvalue weighted by molar-refractivity contribution is 6.73. The second-order valence-corrected chi connectivity index (χ2v) is 1.98. The van der Waals surface area contributed by atoms with Crippen molar-refractivity contribution in [1.29, 1.82) is 0 Å². The quantitative estimate of drug-likeness (QED) is 0.348. The summed E-state index contributed by atoms with van der Waals surface area (Å²) in [6.45, 7) is 3.24. The number of carbonyl (C=O) groups excluding carboxylic acids is 1. The predicted molar refractivity (Wildman–Crippen MR) is 27.9 cm³/mol. The molecule has 0 aromatic rings. The molecule has 0 saturated heterocycles. The first-order chi connectivity index (χ1) is 2.81. The van der Waals surface area contributed by atoms with Gasteiger partial charge < -0.3 is 5.40 Å². The highest BCUT2D eigenvalue weighted by atomic mass is 28.2. The third-order valence-corrected chi connectivity index (χ3v) is 1.12. The summed E-state index contributed by atoms with van der Waals surface area (Å²) in [5.41, 5.74) is 0. The Morgan fingerprint density at radius 1 is 2.00 bits per heavy atom. The molecule has 0 unspecified atom stereocenters. The number of rotatable bonds is 2. The van der Waals surface area contributed by atoms with Crippen LogP contribution in [0.15, 0.2) is 12.7 Å².